The molecule has 0 aromatic heterocycles. The molecule has 0 bridgehead atoms. The molecule has 0 fully saturated rings. The summed E-state index contributed by atoms with van der Waals surface area (Å²) < 4.78 is 10.1. The number of methoxy groups -OCH3 is 1. The molecule has 0 aliphatic heterocycles. The van der Waals surface area contributed by atoms with Crippen LogP contribution in [0.2, 0.25) is 0 Å². The Hall–Kier alpha value is -4.70. The summed E-state index contributed by atoms with van der Waals surface area (Å²) in [7, 11) is 1.27. The van der Waals surface area contributed by atoms with Gasteiger partial charge in [0.15, 0.2) is 0 Å². The van der Waals surface area contributed by atoms with Gasteiger partial charge in [-0.3, -0.25) is 9.59 Å². The van der Waals surface area contributed by atoms with Gasteiger partial charge in [-0.05, 0) is 48.8 Å². The molecule has 0 radical (unpaired) electrons. The number of nitrogens with one attached hydrogen (secondary N) is 3. The van der Waals surface area contributed by atoms with Gasteiger partial charge in [-0.25, -0.2) is 9.59 Å². The zero-order valence-corrected chi connectivity index (χ0v) is 26.8. The molecule has 3 rings (SSSR count). The number of rotatable bonds is 16. The van der Waals surface area contributed by atoms with Gasteiger partial charge >= 0.3 is 12.1 Å². The standard InChI is InChI=1S/C36H45N3O7/c1-24(2)32(35(43)45-4)39-34(42)29(20-26-14-8-5-9-15-26)22-31(40)30(21-27-16-10-6-11-17-27)38-33(41)25(3)37-36(44)46-23-28-18-12-7-13-19-28/h5-19,24-25,29-32,40H,20-23H2,1-4H3,(H,37,44)(H,38,41)(H,39,42)/t25-,29?,30-,31-,32+/m0/s1. The van der Waals surface area contributed by atoms with Crippen molar-refractivity contribution >= 4 is 23.9 Å². The molecule has 246 valence electrons. The van der Waals surface area contributed by atoms with E-state index in [2.05, 4.69) is 16.0 Å². The van der Waals surface area contributed by atoms with Gasteiger partial charge in [0.25, 0.3) is 0 Å². The number of hydrogen-bond acceptors (Lipinski definition) is 7. The fraction of sp³-hybridized carbons (Fsp3) is 0.389. The van der Waals surface area contributed by atoms with E-state index < -0.39 is 54.0 Å². The van der Waals surface area contributed by atoms with E-state index in [4.69, 9.17) is 9.47 Å². The van der Waals surface area contributed by atoms with Crippen LogP contribution in [-0.2, 0) is 43.3 Å². The summed E-state index contributed by atoms with van der Waals surface area (Å²) in [4.78, 5) is 51.7. The van der Waals surface area contributed by atoms with Crippen LogP contribution < -0.4 is 16.0 Å². The van der Waals surface area contributed by atoms with E-state index in [0.717, 1.165) is 16.7 Å². The summed E-state index contributed by atoms with van der Waals surface area (Å²) in [6.07, 6.45) is -1.35. The Morgan fingerprint density at radius 1 is 0.696 bits per heavy atom. The lowest BCUT2D eigenvalue weighted by Gasteiger charge is -2.29. The zero-order chi connectivity index (χ0) is 33.5. The highest BCUT2D eigenvalue weighted by atomic mass is 16.5. The van der Waals surface area contributed by atoms with Crippen molar-refractivity contribution in [1.29, 1.82) is 0 Å². The average Bonchev–Trinajstić information content (AvgIpc) is 3.06. The number of aliphatic hydroxyl groups is 1. The highest BCUT2D eigenvalue weighted by Crippen LogP contribution is 2.20. The SMILES string of the molecule is COC(=O)[C@H](NC(=O)C(Cc1ccccc1)C[C@H](O)[C@H](Cc1ccccc1)NC(=O)[C@H](C)NC(=O)OCc1ccccc1)C(C)C. The smallest absolute Gasteiger partial charge is 0.408 e. The molecule has 0 saturated heterocycles. The van der Waals surface area contributed by atoms with Crippen LogP contribution in [-0.4, -0.2) is 60.3 Å². The van der Waals surface area contributed by atoms with Crippen molar-refractivity contribution in [2.75, 3.05) is 7.11 Å². The Kier molecular flexibility index (Phi) is 14.2. The molecule has 10 nitrogen and oxygen atoms in total. The molecule has 0 spiro atoms. The van der Waals surface area contributed by atoms with Crippen LogP contribution in [0.25, 0.3) is 0 Å². The first kappa shape index (κ1) is 35.8. The zero-order valence-electron chi connectivity index (χ0n) is 26.8. The third kappa shape index (κ3) is 11.7. The van der Waals surface area contributed by atoms with Crippen LogP contribution in [0.1, 0.15) is 43.9 Å². The molecule has 46 heavy (non-hydrogen) atoms. The minimum atomic E-state index is -1.16. The van der Waals surface area contributed by atoms with Crippen LogP contribution in [0.3, 0.4) is 0 Å². The van der Waals surface area contributed by atoms with Gasteiger partial charge in [-0.1, -0.05) is 105 Å². The Labute approximate surface area is 270 Å². The van der Waals surface area contributed by atoms with Gasteiger partial charge in [0.2, 0.25) is 11.8 Å². The van der Waals surface area contributed by atoms with Crippen molar-refractivity contribution in [3.05, 3.63) is 108 Å². The average molecular weight is 632 g/mol. The normalized spacial score (nSPS) is 14.2. The van der Waals surface area contributed by atoms with Gasteiger partial charge < -0.3 is 30.5 Å². The molecule has 3 aromatic rings. The lowest BCUT2D eigenvalue weighted by molar-refractivity contribution is -0.147. The number of esters is 1. The maximum absolute atomic E-state index is 13.6. The van der Waals surface area contributed by atoms with Gasteiger partial charge in [0, 0.05) is 5.92 Å². The number of carbonyl (C=O) groups excluding carboxylic acids is 4. The summed E-state index contributed by atoms with van der Waals surface area (Å²) in [5.74, 6) is -2.45. The largest absolute Gasteiger partial charge is 0.467 e. The Balaban J connectivity index is 1.76. The van der Waals surface area contributed by atoms with Crippen molar-refractivity contribution in [2.45, 2.75) is 70.9 Å². The van der Waals surface area contributed by atoms with Crippen LogP contribution in [0, 0.1) is 11.8 Å². The molecule has 1 unspecified atom stereocenters. The number of amides is 3. The van der Waals surface area contributed by atoms with E-state index in [1.807, 2.05) is 91.0 Å². The number of carbonyl (C=O) groups is 4. The monoisotopic (exact) mass is 631 g/mol. The fourth-order valence-corrected chi connectivity index (χ4v) is 5.00. The Bertz CT molecular complexity index is 1390. The third-order valence-corrected chi connectivity index (χ3v) is 7.67. The predicted octanol–water partition coefficient (Wildman–Crippen LogP) is 3.95. The second-order valence-electron chi connectivity index (χ2n) is 11.7. The van der Waals surface area contributed by atoms with Crippen molar-refractivity contribution in [3.63, 3.8) is 0 Å². The van der Waals surface area contributed by atoms with Crippen LogP contribution in [0.4, 0.5) is 4.79 Å². The minimum Gasteiger partial charge on any atom is -0.467 e. The Morgan fingerprint density at radius 3 is 1.74 bits per heavy atom. The van der Waals surface area contributed by atoms with Gasteiger partial charge in [-0.2, -0.15) is 0 Å². The molecule has 5 atom stereocenters. The van der Waals surface area contributed by atoms with Gasteiger partial charge in [0.1, 0.15) is 18.7 Å². The molecule has 4 N–H and O–H groups in total. The molecule has 0 saturated carbocycles. The van der Waals surface area contributed by atoms with Crippen LogP contribution >= 0.6 is 0 Å². The maximum atomic E-state index is 13.6. The topological polar surface area (TPSA) is 143 Å². The number of benzene rings is 3. The number of ether oxygens (including phenoxy) is 2. The van der Waals surface area contributed by atoms with E-state index in [-0.39, 0.29) is 25.4 Å². The number of hydrogen-bond donors (Lipinski definition) is 4. The second-order valence-corrected chi connectivity index (χ2v) is 11.7. The first-order valence-electron chi connectivity index (χ1n) is 15.5. The summed E-state index contributed by atoms with van der Waals surface area (Å²) in [6.45, 7) is 5.19. The molecule has 3 aromatic carbocycles. The molecule has 10 heteroatoms. The van der Waals surface area contributed by atoms with E-state index in [0.29, 0.717) is 6.42 Å². The van der Waals surface area contributed by atoms with E-state index in [1.54, 1.807) is 13.8 Å². The van der Waals surface area contributed by atoms with Crippen molar-refractivity contribution in [3.8, 4) is 0 Å². The summed E-state index contributed by atoms with van der Waals surface area (Å²) in [5, 5.41) is 19.8. The third-order valence-electron chi connectivity index (χ3n) is 7.67. The highest BCUT2D eigenvalue weighted by molar-refractivity contribution is 5.86. The molecule has 0 heterocycles. The van der Waals surface area contributed by atoms with E-state index in [1.165, 1.54) is 14.0 Å². The van der Waals surface area contributed by atoms with Crippen molar-refractivity contribution < 1.29 is 33.8 Å². The summed E-state index contributed by atoms with van der Waals surface area (Å²) in [6, 6.07) is 25.3. The van der Waals surface area contributed by atoms with Crippen molar-refractivity contribution in [2.24, 2.45) is 11.8 Å². The number of alkyl carbamates (subject to hydrolysis) is 1. The highest BCUT2D eigenvalue weighted by Gasteiger charge is 2.33. The predicted molar refractivity (Wildman–Crippen MR) is 174 cm³/mol. The van der Waals surface area contributed by atoms with E-state index in [9.17, 15) is 24.3 Å². The van der Waals surface area contributed by atoms with Crippen molar-refractivity contribution in [1.82, 2.24) is 16.0 Å². The molecule has 0 aliphatic carbocycles. The van der Waals surface area contributed by atoms with Crippen LogP contribution in [0.5, 0.6) is 0 Å². The minimum absolute atomic E-state index is 0.00851. The lowest BCUT2D eigenvalue weighted by Crippen LogP contribution is -2.53. The first-order valence-corrected chi connectivity index (χ1v) is 15.5. The van der Waals surface area contributed by atoms with Gasteiger partial charge in [0.05, 0.1) is 19.3 Å². The van der Waals surface area contributed by atoms with Crippen LogP contribution in [0.15, 0.2) is 91.0 Å². The summed E-state index contributed by atoms with van der Waals surface area (Å²) >= 11 is 0. The fourth-order valence-electron chi connectivity index (χ4n) is 5.00. The lowest BCUT2D eigenvalue weighted by atomic mass is 9.88. The molecule has 3 amide bonds. The maximum Gasteiger partial charge on any atom is 0.408 e. The first-order chi connectivity index (χ1) is 22.1. The second kappa shape index (κ2) is 18.3. The summed E-state index contributed by atoms with van der Waals surface area (Å²) in [5.41, 5.74) is 2.55. The molecular weight excluding hydrogens is 586 g/mol. The molecule has 0 aliphatic rings. The quantitative estimate of drug-likeness (QED) is 0.175. The number of aliphatic hydroxyl groups excluding tert-OH is 1. The van der Waals surface area contributed by atoms with E-state index >= 15 is 0 Å². The molecular formula is C36H45N3O7. The Morgan fingerprint density at radius 2 is 1.22 bits per heavy atom. The van der Waals surface area contributed by atoms with Gasteiger partial charge in [-0.15, -0.1) is 0 Å².